The summed E-state index contributed by atoms with van der Waals surface area (Å²) in [5, 5.41) is 5.04. The summed E-state index contributed by atoms with van der Waals surface area (Å²) in [6.45, 7) is 8.47. The monoisotopic (exact) mass is 319 g/mol. The van der Waals surface area contributed by atoms with Crippen LogP contribution in [0.5, 0.6) is 0 Å². The van der Waals surface area contributed by atoms with Gasteiger partial charge in [-0.25, -0.2) is 0 Å². The Kier molecular flexibility index (Phi) is 7.05. The lowest BCUT2D eigenvalue weighted by molar-refractivity contribution is -0.145. The average molecular weight is 319 g/mol. The highest BCUT2D eigenvalue weighted by Crippen LogP contribution is 2.33. The van der Waals surface area contributed by atoms with Crippen molar-refractivity contribution in [3.05, 3.63) is 43.0 Å². The van der Waals surface area contributed by atoms with E-state index in [0.29, 0.717) is 6.42 Å². The number of nitrogens with zero attached hydrogens (tertiary/aromatic N) is 1. The summed E-state index contributed by atoms with van der Waals surface area (Å²) in [7, 11) is 0.968. The van der Waals surface area contributed by atoms with Gasteiger partial charge >= 0.3 is 5.97 Å². The Balaban J connectivity index is 3.14. The highest BCUT2D eigenvalue weighted by Gasteiger charge is 2.40. The number of methoxy groups -OCH3 is 1. The first kappa shape index (κ1) is 18.2. The fourth-order valence-electron chi connectivity index (χ4n) is 2.79. The number of benzene rings is 1. The maximum Gasteiger partial charge on any atom is 0.309 e. The molecule has 0 fully saturated rings. The first-order valence-corrected chi connectivity index (χ1v) is 10.4. The van der Waals surface area contributed by atoms with Gasteiger partial charge in [0.2, 0.25) is 0 Å². The maximum atomic E-state index is 12.2. The minimum absolute atomic E-state index is 0.0469. The summed E-state index contributed by atoms with van der Waals surface area (Å²) in [6, 6.07) is 10.3. The van der Waals surface area contributed by atoms with Crippen LogP contribution in [-0.4, -0.2) is 34.5 Å². The summed E-state index contributed by atoms with van der Waals surface area (Å²) in [6.07, 6.45) is 3.98. The lowest BCUT2D eigenvalue weighted by Gasteiger charge is -2.35. The first-order chi connectivity index (χ1) is 10.5. The van der Waals surface area contributed by atoms with Crippen LogP contribution in [-0.2, 0) is 14.4 Å². The van der Waals surface area contributed by atoms with E-state index in [0.717, 1.165) is 0 Å². The highest BCUT2D eigenvalue weighted by molar-refractivity contribution is 6.91. The zero-order valence-corrected chi connectivity index (χ0v) is 14.8. The molecule has 4 nitrogen and oxygen atoms in total. The largest absolute Gasteiger partial charge is 0.469 e. The summed E-state index contributed by atoms with van der Waals surface area (Å²) < 4.78 is 4.99. The molecule has 5 heteroatoms. The predicted octanol–water partition coefficient (Wildman–Crippen LogP) is 2.97. The SMILES string of the molecule is C=C[C@H]([C@@H](C/C=N\OC)C(=O)OC)[Si](C)(C)c1ccccc1. The summed E-state index contributed by atoms with van der Waals surface area (Å²) in [5.74, 6) is -0.535. The van der Waals surface area contributed by atoms with E-state index in [9.17, 15) is 4.79 Å². The number of oxime groups is 1. The molecule has 0 radical (unpaired) electrons. The molecule has 0 amide bonds. The Labute approximate surface area is 133 Å². The van der Waals surface area contributed by atoms with Gasteiger partial charge in [-0.3, -0.25) is 4.79 Å². The van der Waals surface area contributed by atoms with Crippen molar-refractivity contribution in [3.63, 3.8) is 0 Å². The molecule has 1 aromatic carbocycles. The molecule has 1 rings (SSSR count). The predicted molar refractivity (Wildman–Crippen MR) is 93.1 cm³/mol. The molecule has 0 aliphatic heterocycles. The molecule has 120 valence electrons. The van der Waals surface area contributed by atoms with E-state index in [1.54, 1.807) is 6.21 Å². The number of rotatable bonds is 8. The van der Waals surface area contributed by atoms with Gasteiger partial charge in [0.15, 0.2) is 0 Å². The van der Waals surface area contributed by atoms with E-state index in [1.165, 1.54) is 19.4 Å². The van der Waals surface area contributed by atoms with Gasteiger partial charge in [-0.2, -0.15) is 0 Å². The number of hydrogen-bond donors (Lipinski definition) is 0. The van der Waals surface area contributed by atoms with Crippen LogP contribution < -0.4 is 5.19 Å². The van der Waals surface area contributed by atoms with Crippen molar-refractivity contribution in [1.82, 2.24) is 0 Å². The molecule has 0 heterocycles. The number of carbonyl (C=O) groups is 1. The number of esters is 1. The average Bonchev–Trinajstić information content (AvgIpc) is 2.54. The van der Waals surface area contributed by atoms with Crippen LogP contribution in [0.15, 0.2) is 48.1 Å². The van der Waals surface area contributed by atoms with Gasteiger partial charge in [0.25, 0.3) is 0 Å². The van der Waals surface area contributed by atoms with Gasteiger partial charge in [-0.15, -0.1) is 6.58 Å². The van der Waals surface area contributed by atoms with Crippen molar-refractivity contribution in [2.75, 3.05) is 14.2 Å². The number of ether oxygens (including phenoxy) is 1. The second kappa shape index (κ2) is 8.53. The number of allylic oxidation sites excluding steroid dienone is 1. The van der Waals surface area contributed by atoms with Crippen molar-refractivity contribution in [1.29, 1.82) is 0 Å². The molecule has 22 heavy (non-hydrogen) atoms. The van der Waals surface area contributed by atoms with E-state index in [1.807, 2.05) is 24.3 Å². The van der Waals surface area contributed by atoms with Gasteiger partial charge in [0.1, 0.15) is 7.11 Å². The van der Waals surface area contributed by atoms with Gasteiger partial charge < -0.3 is 9.57 Å². The molecular formula is C17H25NO3Si. The fourth-order valence-corrected chi connectivity index (χ4v) is 6.10. The van der Waals surface area contributed by atoms with E-state index in [-0.39, 0.29) is 17.4 Å². The topological polar surface area (TPSA) is 47.9 Å². The fraction of sp³-hybridized carbons (Fsp3) is 0.412. The molecule has 0 saturated heterocycles. The first-order valence-electron chi connectivity index (χ1n) is 7.29. The van der Waals surface area contributed by atoms with Crippen molar-refractivity contribution in [3.8, 4) is 0 Å². The van der Waals surface area contributed by atoms with Gasteiger partial charge in [0, 0.05) is 6.21 Å². The summed E-state index contributed by atoms with van der Waals surface area (Å²) in [5.41, 5.74) is 0.0469. The van der Waals surface area contributed by atoms with Crippen LogP contribution in [0.25, 0.3) is 0 Å². The van der Waals surface area contributed by atoms with Crippen LogP contribution in [0.4, 0.5) is 0 Å². The smallest absolute Gasteiger partial charge is 0.309 e. The van der Waals surface area contributed by atoms with Gasteiger partial charge in [0.05, 0.1) is 21.1 Å². The van der Waals surface area contributed by atoms with E-state index >= 15 is 0 Å². The third-order valence-electron chi connectivity index (χ3n) is 4.08. The van der Waals surface area contributed by atoms with Crippen molar-refractivity contribution in [2.45, 2.75) is 25.1 Å². The summed E-state index contributed by atoms with van der Waals surface area (Å²) >= 11 is 0. The zero-order chi connectivity index (χ0) is 16.6. The van der Waals surface area contributed by atoms with Crippen molar-refractivity contribution in [2.24, 2.45) is 11.1 Å². The minimum Gasteiger partial charge on any atom is -0.469 e. The molecule has 2 atom stereocenters. The molecular weight excluding hydrogens is 294 g/mol. The normalized spacial score (nSPS) is 14.4. The van der Waals surface area contributed by atoms with Crippen LogP contribution in [0.3, 0.4) is 0 Å². The zero-order valence-electron chi connectivity index (χ0n) is 13.8. The third-order valence-corrected chi connectivity index (χ3v) is 8.21. The minimum atomic E-state index is -1.93. The summed E-state index contributed by atoms with van der Waals surface area (Å²) in [4.78, 5) is 16.9. The highest BCUT2D eigenvalue weighted by atomic mass is 28.3. The van der Waals surface area contributed by atoms with E-state index in [2.05, 4.69) is 37.0 Å². The molecule has 0 aliphatic rings. The number of carbonyl (C=O) groups excluding carboxylic acids is 1. The molecule has 0 spiro atoms. The molecule has 1 aromatic rings. The third kappa shape index (κ3) is 4.30. The molecule has 0 N–H and O–H groups in total. The molecule has 0 aromatic heterocycles. The molecule has 0 bridgehead atoms. The number of hydrogen-bond acceptors (Lipinski definition) is 4. The maximum absolute atomic E-state index is 12.2. The van der Waals surface area contributed by atoms with Crippen LogP contribution >= 0.6 is 0 Å². The van der Waals surface area contributed by atoms with Crippen LogP contribution in [0.2, 0.25) is 18.6 Å². The Hall–Kier alpha value is -1.88. The van der Waals surface area contributed by atoms with E-state index in [4.69, 9.17) is 9.57 Å². The Morgan fingerprint density at radius 1 is 1.32 bits per heavy atom. The standard InChI is InChI=1S/C17H25NO3Si/c1-6-16(15(17(19)20-2)12-13-18-21-3)22(4,5)14-10-8-7-9-11-14/h6-11,13,15-16H,1,12H2,2-5H3/b18-13-/t15-,16-/m1/s1. The van der Waals surface area contributed by atoms with Crippen LogP contribution in [0, 0.1) is 5.92 Å². The lowest BCUT2D eigenvalue weighted by Crippen LogP contribution is -2.49. The van der Waals surface area contributed by atoms with Gasteiger partial charge in [-0.1, -0.05) is 59.8 Å². The Morgan fingerprint density at radius 2 is 1.95 bits per heavy atom. The Bertz CT molecular complexity index is 514. The van der Waals surface area contributed by atoms with Gasteiger partial charge in [-0.05, 0) is 12.0 Å². The molecule has 0 aliphatic carbocycles. The second-order valence-corrected chi connectivity index (χ2v) is 10.4. The molecule has 0 unspecified atom stereocenters. The van der Waals surface area contributed by atoms with Crippen molar-refractivity contribution >= 4 is 25.4 Å². The molecule has 0 saturated carbocycles. The second-order valence-electron chi connectivity index (χ2n) is 5.69. The quantitative estimate of drug-likeness (QED) is 0.243. The Morgan fingerprint density at radius 3 is 2.45 bits per heavy atom. The lowest BCUT2D eigenvalue weighted by atomic mass is 10.0. The van der Waals surface area contributed by atoms with E-state index < -0.39 is 8.07 Å². The van der Waals surface area contributed by atoms with Crippen LogP contribution in [0.1, 0.15) is 6.42 Å². The van der Waals surface area contributed by atoms with Crippen molar-refractivity contribution < 1.29 is 14.4 Å².